The lowest BCUT2D eigenvalue weighted by Gasteiger charge is -2.37. The smallest absolute Gasteiger partial charge is 0.107 e. The fourth-order valence-electron chi connectivity index (χ4n) is 2.77. The lowest BCUT2D eigenvalue weighted by Crippen LogP contribution is -2.32. The quantitative estimate of drug-likeness (QED) is 0.767. The van der Waals surface area contributed by atoms with Gasteiger partial charge in [0.1, 0.15) is 6.10 Å². The number of nitriles is 1. The minimum absolute atomic E-state index is 0.514. The zero-order chi connectivity index (χ0) is 13.3. The van der Waals surface area contributed by atoms with E-state index >= 15 is 0 Å². The molecule has 2 nitrogen and oxygen atoms in total. The van der Waals surface area contributed by atoms with Crippen molar-refractivity contribution < 1.29 is 5.11 Å². The molecule has 0 aliphatic heterocycles. The Hall–Kier alpha value is 0.110. The summed E-state index contributed by atoms with van der Waals surface area (Å²) >= 11 is 8.37. The molecule has 0 bridgehead atoms. The van der Waals surface area contributed by atoms with Gasteiger partial charge in [-0.3, -0.25) is 0 Å². The summed E-state index contributed by atoms with van der Waals surface area (Å²) in [5.41, 5.74) is -0.610. The van der Waals surface area contributed by atoms with E-state index in [4.69, 9.17) is 0 Å². The Morgan fingerprint density at radius 1 is 1.61 bits per heavy atom. The molecule has 1 fully saturated rings. The van der Waals surface area contributed by atoms with Crippen LogP contribution >= 0.6 is 43.2 Å². The first-order chi connectivity index (χ1) is 8.48. The fourth-order valence-corrected chi connectivity index (χ4v) is 4.97. The third-order valence-corrected chi connectivity index (χ3v) is 7.02. The Labute approximate surface area is 128 Å². The summed E-state index contributed by atoms with van der Waals surface area (Å²) < 4.78 is 1.91. The Morgan fingerprint density at radius 2 is 2.33 bits per heavy atom. The number of aliphatic hydroxyl groups is 1. The van der Waals surface area contributed by atoms with Crippen molar-refractivity contribution in [2.75, 3.05) is 0 Å². The van der Waals surface area contributed by atoms with Crippen LogP contribution in [-0.4, -0.2) is 5.11 Å². The van der Waals surface area contributed by atoms with Gasteiger partial charge in [-0.05, 0) is 56.7 Å². The summed E-state index contributed by atoms with van der Waals surface area (Å²) in [7, 11) is 0. The highest BCUT2D eigenvalue weighted by molar-refractivity contribution is 9.13. The molecule has 18 heavy (non-hydrogen) atoms. The monoisotopic (exact) mass is 391 g/mol. The Balaban J connectivity index is 2.30. The summed E-state index contributed by atoms with van der Waals surface area (Å²) in [6, 6.07) is 4.32. The fraction of sp³-hybridized carbons (Fsp3) is 0.615. The molecule has 3 unspecified atom stereocenters. The van der Waals surface area contributed by atoms with E-state index < -0.39 is 11.5 Å². The predicted molar refractivity (Wildman–Crippen MR) is 80.4 cm³/mol. The second-order valence-electron chi connectivity index (χ2n) is 5.14. The van der Waals surface area contributed by atoms with Gasteiger partial charge >= 0.3 is 0 Å². The van der Waals surface area contributed by atoms with Gasteiger partial charge in [-0.15, -0.1) is 11.3 Å². The van der Waals surface area contributed by atoms with Crippen molar-refractivity contribution in [3.8, 4) is 6.07 Å². The maximum atomic E-state index is 10.6. The lowest BCUT2D eigenvalue weighted by atomic mass is 9.67. The Morgan fingerprint density at radius 3 is 2.83 bits per heavy atom. The SMILES string of the molecule is CC1CCCC(C#N)(C(O)c2cc(Br)c(Br)s2)C1. The highest BCUT2D eigenvalue weighted by Crippen LogP contribution is 2.50. The molecule has 1 heterocycles. The van der Waals surface area contributed by atoms with Crippen molar-refractivity contribution in [3.05, 3.63) is 19.2 Å². The Kier molecular flexibility index (Phi) is 4.53. The molecule has 0 amide bonds. The van der Waals surface area contributed by atoms with Gasteiger partial charge in [0.05, 0.1) is 15.3 Å². The standard InChI is InChI=1S/C13H15Br2NOS/c1-8-3-2-4-13(6-8,7-16)11(17)10-5-9(14)12(15)18-10/h5,8,11,17H,2-4,6H2,1H3. The van der Waals surface area contributed by atoms with Crippen LogP contribution in [0, 0.1) is 22.7 Å². The molecule has 0 saturated heterocycles. The van der Waals surface area contributed by atoms with Gasteiger partial charge in [0.15, 0.2) is 0 Å². The van der Waals surface area contributed by atoms with Gasteiger partial charge in [-0.1, -0.05) is 19.8 Å². The van der Waals surface area contributed by atoms with Crippen molar-refractivity contribution in [1.29, 1.82) is 5.26 Å². The summed E-state index contributed by atoms with van der Waals surface area (Å²) in [5.74, 6) is 0.514. The minimum atomic E-state index is -0.683. The zero-order valence-electron chi connectivity index (χ0n) is 10.1. The number of hydrogen-bond acceptors (Lipinski definition) is 3. The third-order valence-electron chi connectivity index (χ3n) is 3.71. The molecule has 5 heteroatoms. The van der Waals surface area contributed by atoms with E-state index in [-0.39, 0.29) is 0 Å². The van der Waals surface area contributed by atoms with Crippen molar-refractivity contribution in [2.24, 2.45) is 11.3 Å². The van der Waals surface area contributed by atoms with Gasteiger partial charge in [0.25, 0.3) is 0 Å². The van der Waals surface area contributed by atoms with Crippen molar-refractivity contribution in [2.45, 2.75) is 38.7 Å². The van der Waals surface area contributed by atoms with Crippen LogP contribution in [0.2, 0.25) is 0 Å². The summed E-state index contributed by atoms with van der Waals surface area (Å²) in [6.45, 7) is 2.16. The number of hydrogen-bond donors (Lipinski definition) is 1. The second-order valence-corrected chi connectivity index (χ2v) is 8.40. The molecule has 1 aliphatic carbocycles. The maximum Gasteiger partial charge on any atom is 0.107 e. The molecule has 1 saturated carbocycles. The maximum absolute atomic E-state index is 10.6. The topological polar surface area (TPSA) is 44.0 Å². The Bertz CT molecular complexity index is 462. The van der Waals surface area contributed by atoms with Crippen LogP contribution < -0.4 is 0 Å². The van der Waals surface area contributed by atoms with Crippen LogP contribution in [0.25, 0.3) is 0 Å². The van der Waals surface area contributed by atoms with Crippen LogP contribution in [0.1, 0.15) is 43.6 Å². The molecule has 0 aromatic carbocycles. The van der Waals surface area contributed by atoms with E-state index in [2.05, 4.69) is 44.9 Å². The number of thiophene rings is 1. The number of nitrogens with zero attached hydrogens (tertiary/aromatic N) is 1. The second kappa shape index (κ2) is 5.62. The zero-order valence-corrected chi connectivity index (χ0v) is 14.1. The summed E-state index contributed by atoms with van der Waals surface area (Å²) in [6.07, 6.45) is 3.09. The number of rotatable bonds is 2. The normalized spacial score (nSPS) is 29.8. The van der Waals surface area contributed by atoms with Crippen molar-refractivity contribution in [3.63, 3.8) is 0 Å². The lowest BCUT2D eigenvalue weighted by molar-refractivity contribution is 0.0244. The first-order valence-corrected chi connectivity index (χ1v) is 8.43. The number of halogens is 2. The molecular weight excluding hydrogens is 378 g/mol. The highest BCUT2D eigenvalue weighted by atomic mass is 79.9. The molecule has 0 radical (unpaired) electrons. The molecule has 1 aromatic heterocycles. The van der Waals surface area contributed by atoms with Crippen molar-refractivity contribution >= 4 is 43.2 Å². The van der Waals surface area contributed by atoms with Gasteiger partial charge in [0.2, 0.25) is 0 Å². The van der Waals surface area contributed by atoms with Gasteiger partial charge in [0, 0.05) is 9.35 Å². The van der Waals surface area contributed by atoms with E-state index in [9.17, 15) is 10.4 Å². The third kappa shape index (κ3) is 2.67. The van der Waals surface area contributed by atoms with Crippen LogP contribution in [-0.2, 0) is 0 Å². The molecule has 1 aliphatic rings. The summed E-state index contributed by atoms with van der Waals surface area (Å²) in [4.78, 5) is 0.865. The van der Waals surface area contributed by atoms with E-state index in [0.29, 0.717) is 5.92 Å². The predicted octanol–water partition coefficient (Wildman–Crippen LogP) is 5.03. The van der Waals surface area contributed by atoms with Crippen LogP contribution in [0.4, 0.5) is 0 Å². The van der Waals surface area contributed by atoms with Crippen molar-refractivity contribution in [1.82, 2.24) is 0 Å². The van der Waals surface area contributed by atoms with E-state index in [1.165, 1.54) is 11.3 Å². The molecule has 0 spiro atoms. The van der Waals surface area contributed by atoms with Gasteiger partial charge in [-0.25, -0.2) is 0 Å². The molecule has 3 atom stereocenters. The molecule has 98 valence electrons. The molecule has 2 rings (SSSR count). The minimum Gasteiger partial charge on any atom is -0.386 e. The van der Waals surface area contributed by atoms with Crippen LogP contribution in [0.15, 0.2) is 14.3 Å². The summed E-state index contributed by atoms with van der Waals surface area (Å²) in [5, 5.41) is 20.1. The van der Waals surface area contributed by atoms with E-state index in [1.54, 1.807) is 0 Å². The molecule has 1 N–H and O–H groups in total. The van der Waals surface area contributed by atoms with E-state index in [1.807, 2.05) is 6.07 Å². The van der Waals surface area contributed by atoms with Crippen LogP contribution in [0.3, 0.4) is 0 Å². The van der Waals surface area contributed by atoms with Crippen LogP contribution in [0.5, 0.6) is 0 Å². The molecular formula is C13H15Br2NOS. The average Bonchev–Trinajstić information content (AvgIpc) is 2.68. The number of aliphatic hydroxyl groups excluding tert-OH is 1. The first-order valence-electron chi connectivity index (χ1n) is 6.02. The van der Waals surface area contributed by atoms with Gasteiger partial charge in [-0.2, -0.15) is 5.26 Å². The van der Waals surface area contributed by atoms with Gasteiger partial charge < -0.3 is 5.11 Å². The molecule has 1 aromatic rings. The van der Waals surface area contributed by atoms with E-state index in [0.717, 1.165) is 38.8 Å². The largest absolute Gasteiger partial charge is 0.386 e. The average molecular weight is 393 g/mol. The first kappa shape index (κ1) is 14.5. The highest BCUT2D eigenvalue weighted by Gasteiger charge is 2.43.